The first kappa shape index (κ1) is 11.1. The van der Waals surface area contributed by atoms with Crippen LogP contribution in [0.4, 0.5) is 0 Å². The molecule has 4 heteroatoms. The molecule has 0 aliphatic rings. The molecule has 0 aliphatic heterocycles. The van der Waals surface area contributed by atoms with E-state index in [0.717, 1.165) is 6.42 Å². The SMILES string of the molecule is Cc1csc2sc(CC(N)CO)c(C)c12. The number of nitrogens with two attached hydrogens (primary N) is 1. The minimum Gasteiger partial charge on any atom is -0.395 e. The number of fused-ring (bicyclic) bond motifs is 1. The van der Waals surface area contributed by atoms with Crippen molar-refractivity contribution in [2.75, 3.05) is 6.61 Å². The summed E-state index contributed by atoms with van der Waals surface area (Å²) in [6.07, 6.45) is 0.786. The Hall–Kier alpha value is -0.420. The van der Waals surface area contributed by atoms with Crippen LogP contribution in [0.3, 0.4) is 0 Å². The van der Waals surface area contributed by atoms with Gasteiger partial charge >= 0.3 is 0 Å². The summed E-state index contributed by atoms with van der Waals surface area (Å²) in [6.45, 7) is 4.36. The summed E-state index contributed by atoms with van der Waals surface area (Å²) in [6, 6.07) is -0.128. The van der Waals surface area contributed by atoms with Crippen molar-refractivity contribution in [1.82, 2.24) is 0 Å². The molecule has 2 heterocycles. The van der Waals surface area contributed by atoms with E-state index in [4.69, 9.17) is 10.8 Å². The molecule has 0 radical (unpaired) electrons. The monoisotopic (exact) mass is 241 g/mol. The second-order valence-corrected chi connectivity index (χ2v) is 6.12. The van der Waals surface area contributed by atoms with Gasteiger partial charge in [-0.1, -0.05) is 0 Å². The number of hydrogen-bond acceptors (Lipinski definition) is 4. The van der Waals surface area contributed by atoms with Gasteiger partial charge in [-0.2, -0.15) is 0 Å². The van der Waals surface area contributed by atoms with Gasteiger partial charge in [0.25, 0.3) is 0 Å². The lowest BCUT2D eigenvalue weighted by Crippen LogP contribution is -2.26. The third-order valence-electron chi connectivity index (χ3n) is 2.63. The highest BCUT2D eigenvalue weighted by atomic mass is 32.2. The van der Waals surface area contributed by atoms with Gasteiger partial charge in [0.15, 0.2) is 0 Å². The summed E-state index contributed by atoms with van der Waals surface area (Å²) >= 11 is 3.61. The van der Waals surface area contributed by atoms with Crippen molar-refractivity contribution >= 4 is 32.1 Å². The van der Waals surface area contributed by atoms with Gasteiger partial charge in [0.1, 0.15) is 0 Å². The molecule has 0 aromatic carbocycles. The average molecular weight is 241 g/mol. The van der Waals surface area contributed by atoms with Crippen molar-refractivity contribution < 1.29 is 5.11 Å². The summed E-state index contributed by atoms with van der Waals surface area (Å²) in [7, 11) is 0. The average Bonchev–Trinajstić information content (AvgIpc) is 2.71. The highest BCUT2D eigenvalue weighted by molar-refractivity contribution is 7.37. The van der Waals surface area contributed by atoms with Crippen LogP contribution in [-0.4, -0.2) is 17.8 Å². The Morgan fingerprint density at radius 1 is 1.47 bits per heavy atom. The molecule has 0 saturated carbocycles. The lowest BCUT2D eigenvalue weighted by atomic mass is 10.1. The minimum atomic E-state index is -0.128. The molecule has 82 valence electrons. The molecule has 2 aromatic heterocycles. The van der Waals surface area contributed by atoms with Crippen LogP contribution in [0.2, 0.25) is 0 Å². The van der Waals surface area contributed by atoms with E-state index in [0.29, 0.717) is 0 Å². The fourth-order valence-electron chi connectivity index (χ4n) is 1.77. The predicted molar refractivity (Wildman–Crippen MR) is 67.9 cm³/mol. The number of thiophene rings is 2. The van der Waals surface area contributed by atoms with E-state index in [1.165, 1.54) is 25.4 Å². The van der Waals surface area contributed by atoms with Gasteiger partial charge in [0, 0.05) is 16.3 Å². The first-order valence-corrected chi connectivity index (χ1v) is 6.65. The van der Waals surface area contributed by atoms with Crippen LogP contribution in [0.1, 0.15) is 16.0 Å². The first-order valence-electron chi connectivity index (χ1n) is 4.96. The van der Waals surface area contributed by atoms with Crippen molar-refractivity contribution in [3.63, 3.8) is 0 Å². The van der Waals surface area contributed by atoms with E-state index in [9.17, 15) is 0 Å². The number of aliphatic hydroxyl groups excluding tert-OH is 1. The molecule has 2 nitrogen and oxygen atoms in total. The fraction of sp³-hybridized carbons (Fsp3) is 0.455. The van der Waals surface area contributed by atoms with Gasteiger partial charge in [-0.15, -0.1) is 22.7 Å². The maximum atomic E-state index is 8.95. The van der Waals surface area contributed by atoms with Gasteiger partial charge in [-0.05, 0) is 36.8 Å². The van der Waals surface area contributed by atoms with E-state index < -0.39 is 0 Å². The molecule has 15 heavy (non-hydrogen) atoms. The molecule has 2 aromatic rings. The molecule has 0 spiro atoms. The molecule has 2 rings (SSSR count). The maximum absolute atomic E-state index is 8.95. The number of hydrogen-bond donors (Lipinski definition) is 2. The Bertz CT molecular complexity index is 472. The van der Waals surface area contributed by atoms with Crippen LogP contribution in [0.5, 0.6) is 0 Å². The zero-order chi connectivity index (χ0) is 11.0. The summed E-state index contributed by atoms with van der Waals surface area (Å²) in [5.74, 6) is 0. The fourth-order valence-corrected chi connectivity index (χ4v) is 4.43. The quantitative estimate of drug-likeness (QED) is 0.867. The van der Waals surface area contributed by atoms with Crippen LogP contribution in [-0.2, 0) is 6.42 Å². The second kappa shape index (κ2) is 4.22. The normalized spacial score (nSPS) is 13.6. The number of aryl methyl sites for hydroxylation is 2. The van der Waals surface area contributed by atoms with E-state index in [1.54, 1.807) is 11.3 Å². The molecule has 3 N–H and O–H groups in total. The van der Waals surface area contributed by atoms with Crippen LogP contribution in [0, 0.1) is 13.8 Å². The van der Waals surface area contributed by atoms with Crippen LogP contribution >= 0.6 is 22.7 Å². The first-order chi connectivity index (χ1) is 7.13. The predicted octanol–water partition coefficient (Wildman–Crippen LogP) is 2.44. The number of rotatable bonds is 3. The highest BCUT2D eigenvalue weighted by Gasteiger charge is 2.14. The summed E-state index contributed by atoms with van der Waals surface area (Å²) in [5.41, 5.74) is 8.46. The smallest absolute Gasteiger partial charge is 0.0873 e. The largest absolute Gasteiger partial charge is 0.395 e. The van der Waals surface area contributed by atoms with Gasteiger partial charge in [0.05, 0.1) is 10.6 Å². The Kier molecular flexibility index (Phi) is 3.11. The lowest BCUT2D eigenvalue weighted by Gasteiger charge is -2.06. The van der Waals surface area contributed by atoms with Gasteiger partial charge in [-0.25, -0.2) is 0 Å². The van der Waals surface area contributed by atoms with E-state index in [-0.39, 0.29) is 12.6 Å². The molecule has 1 atom stereocenters. The minimum absolute atomic E-state index is 0.0595. The molecule has 0 amide bonds. The molecule has 1 unspecified atom stereocenters. The Morgan fingerprint density at radius 3 is 2.80 bits per heavy atom. The Labute approximate surface area is 97.4 Å². The standard InChI is InChI=1S/C11H15NOS2/c1-6-5-14-11-10(6)7(2)9(15-11)3-8(12)4-13/h5,8,13H,3-4,12H2,1-2H3. The Balaban J connectivity index is 2.40. The molecular weight excluding hydrogens is 226 g/mol. The van der Waals surface area contributed by atoms with Gasteiger partial charge in [0.2, 0.25) is 0 Å². The lowest BCUT2D eigenvalue weighted by molar-refractivity contribution is 0.265. The molecule has 0 saturated heterocycles. The van der Waals surface area contributed by atoms with E-state index >= 15 is 0 Å². The summed E-state index contributed by atoms with van der Waals surface area (Å²) in [5, 5.41) is 12.5. The van der Waals surface area contributed by atoms with Crippen molar-refractivity contribution in [3.05, 3.63) is 21.4 Å². The third kappa shape index (κ3) is 1.95. The van der Waals surface area contributed by atoms with Crippen LogP contribution < -0.4 is 5.73 Å². The van der Waals surface area contributed by atoms with Crippen molar-refractivity contribution in [3.8, 4) is 0 Å². The van der Waals surface area contributed by atoms with Crippen molar-refractivity contribution in [1.29, 1.82) is 0 Å². The molecule has 0 aliphatic carbocycles. The maximum Gasteiger partial charge on any atom is 0.0873 e. The van der Waals surface area contributed by atoms with E-state index in [1.807, 2.05) is 11.3 Å². The molecule has 0 fully saturated rings. The van der Waals surface area contributed by atoms with Crippen molar-refractivity contribution in [2.45, 2.75) is 26.3 Å². The third-order valence-corrected chi connectivity index (χ3v) is 5.17. The van der Waals surface area contributed by atoms with Crippen LogP contribution in [0.15, 0.2) is 5.38 Å². The molecule has 0 bridgehead atoms. The zero-order valence-electron chi connectivity index (χ0n) is 8.91. The highest BCUT2D eigenvalue weighted by Crippen LogP contribution is 2.37. The summed E-state index contributed by atoms with van der Waals surface area (Å²) < 4.78 is 1.38. The summed E-state index contributed by atoms with van der Waals surface area (Å²) in [4.78, 5) is 1.32. The van der Waals surface area contributed by atoms with Crippen molar-refractivity contribution in [2.24, 2.45) is 5.73 Å². The zero-order valence-corrected chi connectivity index (χ0v) is 10.5. The topological polar surface area (TPSA) is 46.2 Å². The van der Waals surface area contributed by atoms with Crippen LogP contribution in [0.25, 0.3) is 9.40 Å². The second-order valence-electron chi connectivity index (χ2n) is 3.88. The van der Waals surface area contributed by atoms with Gasteiger partial charge in [-0.3, -0.25) is 0 Å². The van der Waals surface area contributed by atoms with Gasteiger partial charge < -0.3 is 10.8 Å². The number of aliphatic hydroxyl groups is 1. The Morgan fingerprint density at radius 2 is 2.20 bits per heavy atom. The van der Waals surface area contributed by atoms with E-state index in [2.05, 4.69) is 19.2 Å². The molecular formula is C11H15NOS2.